The summed E-state index contributed by atoms with van der Waals surface area (Å²) in [5.74, 6) is -0.0379. The Kier molecular flexibility index (Phi) is 6.20. The number of benzene rings is 1. The molecule has 34 heavy (non-hydrogen) atoms. The Balaban J connectivity index is 1.53. The maximum Gasteiger partial charge on any atom is 0.267 e. The molecule has 174 valence electrons. The lowest BCUT2D eigenvalue weighted by molar-refractivity contribution is -0.122. The third-order valence-electron chi connectivity index (χ3n) is 5.95. The van der Waals surface area contributed by atoms with Gasteiger partial charge < -0.3 is 9.80 Å². The maximum atomic E-state index is 13.5. The zero-order chi connectivity index (χ0) is 23.8. The highest BCUT2D eigenvalue weighted by molar-refractivity contribution is 8.26. The topological polar surface area (TPSA) is 61.2 Å². The minimum absolute atomic E-state index is 0.233. The van der Waals surface area contributed by atoms with Gasteiger partial charge in [-0.15, -0.1) is 0 Å². The zero-order valence-corrected chi connectivity index (χ0v) is 20.1. The summed E-state index contributed by atoms with van der Waals surface area (Å²) in [6.07, 6.45) is 3.29. The van der Waals surface area contributed by atoms with Crippen LogP contribution in [0.15, 0.2) is 58.4 Å². The first-order valence-electron chi connectivity index (χ1n) is 10.9. The fourth-order valence-corrected chi connectivity index (χ4v) is 5.25. The number of halogens is 1. The first kappa shape index (κ1) is 22.7. The molecule has 7 nitrogen and oxygen atoms in total. The molecule has 0 aliphatic carbocycles. The summed E-state index contributed by atoms with van der Waals surface area (Å²) in [6.45, 7) is 3.42. The van der Waals surface area contributed by atoms with Crippen LogP contribution in [0, 0.1) is 5.82 Å². The van der Waals surface area contributed by atoms with Gasteiger partial charge in [0.15, 0.2) is 0 Å². The molecular formula is C24H22FN5O2S2. The molecule has 0 spiro atoms. The quantitative estimate of drug-likeness (QED) is 0.407. The third kappa shape index (κ3) is 4.36. The average Bonchev–Trinajstić information content (AvgIpc) is 3.10. The zero-order valence-electron chi connectivity index (χ0n) is 18.5. The van der Waals surface area contributed by atoms with E-state index in [1.54, 1.807) is 36.5 Å². The van der Waals surface area contributed by atoms with E-state index in [-0.39, 0.29) is 23.8 Å². The van der Waals surface area contributed by atoms with E-state index in [2.05, 4.69) is 16.8 Å². The summed E-state index contributed by atoms with van der Waals surface area (Å²) in [5, 5.41) is 0. The molecule has 2 aliphatic heterocycles. The van der Waals surface area contributed by atoms with Crippen LogP contribution in [0.25, 0.3) is 11.7 Å². The van der Waals surface area contributed by atoms with Crippen LogP contribution in [0.1, 0.15) is 11.1 Å². The fourth-order valence-electron chi connectivity index (χ4n) is 4.02. The number of likely N-dealkylation sites (N-methyl/N-ethyl adjacent to an activating group) is 1. The predicted molar refractivity (Wildman–Crippen MR) is 136 cm³/mol. The summed E-state index contributed by atoms with van der Waals surface area (Å²) < 4.78 is 15.1. The lowest BCUT2D eigenvalue weighted by Gasteiger charge is -2.34. The molecule has 0 N–H and O–H groups in total. The van der Waals surface area contributed by atoms with E-state index >= 15 is 0 Å². The molecule has 10 heteroatoms. The smallest absolute Gasteiger partial charge is 0.267 e. The highest BCUT2D eigenvalue weighted by Crippen LogP contribution is 2.34. The SMILES string of the molecule is CN1CCN(c2nc3ccccn3c(=O)c2C=C2SC(=S)N(Cc3ccc(F)cc3)C2=O)CC1. The normalized spacial score (nSPS) is 18.5. The van der Waals surface area contributed by atoms with Crippen molar-refractivity contribution in [3.05, 3.63) is 80.9 Å². The van der Waals surface area contributed by atoms with Crippen LogP contribution in [0.5, 0.6) is 0 Å². The van der Waals surface area contributed by atoms with Crippen molar-refractivity contribution in [2.75, 3.05) is 38.1 Å². The van der Waals surface area contributed by atoms with Gasteiger partial charge in [-0.2, -0.15) is 0 Å². The summed E-state index contributed by atoms with van der Waals surface area (Å²) in [6, 6.07) is 11.4. The van der Waals surface area contributed by atoms with E-state index in [1.165, 1.54) is 21.4 Å². The number of carbonyl (C=O) groups is 1. The van der Waals surface area contributed by atoms with Crippen molar-refractivity contribution in [1.29, 1.82) is 0 Å². The van der Waals surface area contributed by atoms with E-state index in [1.807, 2.05) is 6.07 Å². The van der Waals surface area contributed by atoms with Crippen LogP contribution in [-0.2, 0) is 11.3 Å². The molecule has 5 rings (SSSR count). The molecule has 0 saturated carbocycles. The van der Waals surface area contributed by atoms with E-state index in [0.717, 1.165) is 43.5 Å². The van der Waals surface area contributed by atoms with Crippen LogP contribution in [-0.4, -0.2) is 62.6 Å². The molecule has 3 aromatic rings. The van der Waals surface area contributed by atoms with Gasteiger partial charge >= 0.3 is 0 Å². The molecule has 2 fully saturated rings. The summed E-state index contributed by atoms with van der Waals surface area (Å²) >= 11 is 6.62. The molecule has 4 heterocycles. The van der Waals surface area contributed by atoms with Gasteiger partial charge in [0.1, 0.15) is 21.6 Å². The van der Waals surface area contributed by atoms with Gasteiger partial charge in [-0.3, -0.25) is 18.9 Å². The Labute approximate surface area is 205 Å². The van der Waals surface area contributed by atoms with Crippen molar-refractivity contribution in [3.63, 3.8) is 0 Å². The Morgan fingerprint density at radius 1 is 1.09 bits per heavy atom. The monoisotopic (exact) mass is 495 g/mol. The lowest BCUT2D eigenvalue weighted by atomic mass is 10.2. The number of amides is 1. The molecule has 0 atom stereocenters. The number of aromatic nitrogens is 2. The number of nitrogens with zero attached hydrogens (tertiary/aromatic N) is 5. The average molecular weight is 496 g/mol. The van der Waals surface area contributed by atoms with Crippen molar-refractivity contribution >= 4 is 51.7 Å². The Bertz CT molecular complexity index is 1360. The van der Waals surface area contributed by atoms with Gasteiger partial charge in [0.05, 0.1) is 17.0 Å². The molecular weight excluding hydrogens is 473 g/mol. The molecule has 2 aliphatic rings. The molecule has 2 aromatic heterocycles. The Morgan fingerprint density at radius 3 is 2.56 bits per heavy atom. The van der Waals surface area contributed by atoms with Gasteiger partial charge in [-0.05, 0) is 43.0 Å². The van der Waals surface area contributed by atoms with Gasteiger partial charge in [0, 0.05) is 32.4 Å². The number of rotatable bonds is 4. The van der Waals surface area contributed by atoms with Crippen LogP contribution in [0.2, 0.25) is 0 Å². The van der Waals surface area contributed by atoms with Gasteiger partial charge in [-0.1, -0.05) is 42.2 Å². The van der Waals surface area contributed by atoms with Crippen molar-refractivity contribution < 1.29 is 9.18 Å². The first-order chi connectivity index (χ1) is 16.4. The number of thioether (sulfide) groups is 1. The Hall–Kier alpha value is -3.08. The second-order valence-corrected chi connectivity index (χ2v) is 9.94. The number of pyridine rings is 1. The largest absolute Gasteiger partial charge is 0.353 e. The molecule has 0 bridgehead atoms. The number of carbonyl (C=O) groups excluding carboxylic acids is 1. The van der Waals surface area contributed by atoms with Gasteiger partial charge in [-0.25, -0.2) is 9.37 Å². The van der Waals surface area contributed by atoms with E-state index in [0.29, 0.717) is 26.3 Å². The van der Waals surface area contributed by atoms with Crippen molar-refractivity contribution in [3.8, 4) is 0 Å². The second-order valence-electron chi connectivity index (χ2n) is 8.27. The van der Waals surface area contributed by atoms with E-state index in [4.69, 9.17) is 17.2 Å². The standard InChI is InChI=1S/C24H22FN5O2S2/c1-27-10-12-28(13-11-27)21-18(22(31)29-9-3-2-4-20(29)26-21)14-19-23(32)30(24(33)34-19)15-16-5-7-17(25)8-6-16/h2-9,14H,10-13,15H2,1H3. The van der Waals surface area contributed by atoms with Gasteiger partial charge in [0.2, 0.25) is 0 Å². The van der Waals surface area contributed by atoms with Crippen molar-refractivity contribution in [2.45, 2.75) is 6.54 Å². The maximum absolute atomic E-state index is 13.5. The highest BCUT2D eigenvalue weighted by atomic mass is 32.2. The number of thiocarbonyl (C=S) groups is 1. The van der Waals surface area contributed by atoms with E-state index in [9.17, 15) is 14.0 Å². The first-order valence-corrected chi connectivity index (χ1v) is 12.1. The van der Waals surface area contributed by atoms with Crippen LogP contribution < -0.4 is 10.5 Å². The number of piperazine rings is 1. The molecule has 1 amide bonds. The fraction of sp³-hybridized carbons (Fsp3) is 0.250. The third-order valence-corrected chi connectivity index (χ3v) is 7.33. The second kappa shape index (κ2) is 9.28. The summed E-state index contributed by atoms with van der Waals surface area (Å²) in [7, 11) is 2.06. The van der Waals surface area contributed by atoms with Crippen LogP contribution in [0.3, 0.4) is 0 Å². The minimum atomic E-state index is -0.338. The summed E-state index contributed by atoms with van der Waals surface area (Å²) in [4.78, 5) is 37.7. The predicted octanol–water partition coefficient (Wildman–Crippen LogP) is 2.99. The van der Waals surface area contributed by atoms with E-state index < -0.39 is 0 Å². The van der Waals surface area contributed by atoms with Gasteiger partial charge in [0.25, 0.3) is 11.5 Å². The van der Waals surface area contributed by atoms with Crippen molar-refractivity contribution in [1.82, 2.24) is 19.2 Å². The number of fused-ring (bicyclic) bond motifs is 1. The highest BCUT2D eigenvalue weighted by Gasteiger charge is 2.33. The lowest BCUT2D eigenvalue weighted by Crippen LogP contribution is -2.45. The Morgan fingerprint density at radius 2 is 1.82 bits per heavy atom. The minimum Gasteiger partial charge on any atom is -0.353 e. The van der Waals surface area contributed by atoms with Crippen LogP contribution in [0.4, 0.5) is 10.2 Å². The molecule has 0 radical (unpaired) electrons. The number of anilines is 1. The summed E-state index contributed by atoms with van der Waals surface area (Å²) in [5.41, 5.74) is 1.46. The van der Waals surface area contributed by atoms with Crippen molar-refractivity contribution in [2.24, 2.45) is 0 Å². The number of hydrogen-bond donors (Lipinski definition) is 0. The number of hydrogen-bond acceptors (Lipinski definition) is 7. The molecule has 0 unspecified atom stereocenters. The molecule has 2 saturated heterocycles. The van der Waals surface area contributed by atoms with Crippen LogP contribution >= 0.6 is 24.0 Å². The molecule has 1 aromatic carbocycles.